The molecule has 26 heavy (non-hydrogen) atoms. The molecule has 0 radical (unpaired) electrons. The minimum absolute atomic E-state index is 0.310. The predicted molar refractivity (Wildman–Crippen MR) is 102 cm³/mol. The van der Waals surface area contributed by atoms with Crippen LogP contribution in [0.5, 0.6) is 11.5 Å². The second kappa shape index (κ2) is 7.27. The zero-order chi connectivity index (χ0) is 18.9. The van der Waals surface area contributed by atoms with Crippen LogP contribution in [0, 0.1) is 0 Å². The maximum absolute atomic E-state index is 12.3. The van der Waals surface area contributed by atoms with Gasteiger partial charge in [0, 0.05) is 24.7 Å². The van der Waals surface area contributed by atoms with Gasteiger partial charge in [0.2, 0.25) is 0 Å². The number of amides is 1. The number of benzene rings is 1. The van der Waals surface area contributed by atoms with E-state index < -0.39 is 5.60 Å². The Bertz CT molecular complexity index is 740. The van der Waals surface area contributed by atoms with Gasteiger partial charge < -0.3 is 24.8 Å². The zero-order valence-corrected chi connectivity index (χ0v) is 16.2. The van der Waals surface area contributed by atoms with Gasteiger partial charge in [-0.1, -0.05) is 17.7 Å². The van der Waals surface area contributed by atoms with Crippen LogP contribution < -0.4 is 15.2 Å². The van der Waals surface area contributed by atoms with Gasteiger partial charge in [0.1, 0.15) is 18.8 Å². The van der Waals surface area contributed by atoms with Crippen molar-refractivity contribution in [3.05, 3.63) is 22.7 Å². The summed E-state index contributed by atoms with van der Waals surface area (Å²) in [5, 5.41) is 0.464. The van der Waals surface area contributed by atoms with E-state index in [1.807, 2.05) is 26.8 Å². The van der Waals surface area contributed by atoms with Gasteiger partial charge in [0.25, 0.3) is 0 Å². The Kier molecular flexibility index (Phi) is 5.23. The minimum atomic E-state index is -0.516. The van der Waals surface area contributed by atoms with Crippen LogP contribution in [0.15, 0.2) is 12.1 Å². The first-order chi connectivity index (χ1) is 12.3. The largest absolute Gasteiger partial charge is 0.486 e. The number of rotatable bonds is 1. The summed E-state index contributed by atoms with van der Waals surface area (Å²) < 4.78 is 16.9. The molecule has 7 heteroatoms. The highest BCUT2D eigenvalue weighted by Gasteiger charge is 2.27. The van der Waals surface area contributed by atoms with Gasteiger partial charge in [0.05, 0.1) is 10.7 Å². The molecular weight excluding hydrogens is 356 g/mol. The van der Waals surface area contributed by atoms with E-state index >= 15 is 0 Å². The van der Waals surface area contributed by atoms with Gasteiger partial charge in [-0.05, 0) is 39.2 Å². The molecular formula is C19H25ClN2O4. The maximum atomic E-state index is 12.3. The molecule has 0 atom stereocenters. The summed E-state index contributed by atoms with van der Waals surface area (Å²) in [6.45, 7) is 7.61. The van der Waals surface area contributed by atoms with Gasteiger partial charge >= 0.3 is 6.09 Å². The number of fused-ring (bicyclic) bond motifs is 1. The van der Waals surface area contributed by atoms with Crippen molar-refractivity contribution in [2.45, 2.75) is 39.2 Å². The van der Waals surface area contributed by atoms with Crippen LogP contribution in [0.2, 0.25) is 5.02 Å². The molecule has 0 unspecified atom stereocenters. The van der Waals surface area contributed by atoms with Crippen molar-refractivity contribution < 1.29 is 19.0 Å². The fraction of sp³-hybridized carbons (Fsp3) is 0.526. The van der Waals surface area contributed by atoms with Crippen molar-refractivity contribution in [2.24, 2.45) is 0 Å². The third-order valence-electron chi connectivity index (χ3n) is 4.20. The molecule has 1 aromatic carbocycles. The van der Waals surface area contributed by atoms with Crippen LogP contribution in [-0.2, 0) is 4.74 Å². The normalized spacial score (nSPS) is 17.4. The summed E-state index contributed by atoms with van der Waals surface area (Å²) in [6, 6.07) is 1.70. The highest BCUT2D eigenvalue weighted by Crippen LogP contribution is 2.46. The summed E-state index contributed by atoms with van der Waals surface area (Å²) in [5.74, 6) is 1.25. The van der Waals surface area contributed by atoms with Crippen molar-refractivity contribution in [3.8, 4) is 11.5 Å². The molecule has 0 aromatic heterocycles. The molecule has 0 saturated heterocycles. The van der Waals surface area contributed by atoms with E-state index in [9.17, 15) is 4.79 Å². The van der Waals surface area contributed by atoms with E-state index in [0.29, 0.717) is 48.5 Å². The highest BCUT2D eigenvalue weighted by molar-refractivity contribution is 6.35. The lowest BCUT2D eigenvalue weighted by Crippen LogP contribution is -2.37. The highest BCUT2D eigenvalue weighted by atomic mass is 35.5. The van der Waals surface area contributed by atoms with Crippen LogP contribution in [0.3, 0.4) is 0 Å². The maximum Gasteiger partial charge on any atom is 0.410 e. The number of hydrogen-bond donors (Lipinski definition) is 1. The Morgan fingerprint density at radius 2 is 2.04 bits per heavy atom. The summed E-state index contributed by atoms with van der Waals surface area (Å²) in [6.07, 6.45) is 3.25. The average molecular weight is 381 g/mol. The first-order valence-corrected chi connectivity index (χ1v) is 9.19. The van der Waals surface area contributed by atoms with E-state index in [1.54, 1.807) is 11.0 Å². The topological polar surface area (TPSA) is 74.0 Å². The number of nitrogens with zero attached hydrogens (tertiary/aromatic N) is 1. The molecule has 2 heterocycles. The summed E-state index contributed by atoms with van der Waals surface area (Å²) in [5.41, 5.74) is 7.78. The number of halogens is 1. The predicted octanol–water partition coefficient (Wildman–Crippen LogP) is 4.11. The third-order valence-corrected chi connectivity index (χ3v) is 4.61. The molecule has 1 aromatic rings. The molecule has 2 aliphatic rings. The molecule has 2 aliphatic heterocycles. The average Bonchev–Trinajstić information content (AvgIpc) is 2.80. The minimum Gasteiger partial charge on any atom is -0.486 e. The molecule has 0 aliphatic carbocycles. The molecule has 142 valence electrons. The SMILES string of the molecule is CC(C)(C)OC(=O)N1CC=C(c2c(Cl)c(N)cc3c2OCCO3)CCC1. The number of allylic oxidation sites excluding steroid dienone is 1. The van der Waals surface area contributed by atoms with E-state index in [0.717, 1.165) is 24.0 Å². The van der Waals surface area contributed by atoms with Crippen LogP contribution >= 0.6 is 11.6 Å². The van der Waals surface area contributed by atoms with Gasteiger partial charge in [-0.2, -0.15) is 0 Å². The summed E-state index contributed by atoms with van der Waals surface area (Å²) >= 11 is 6.50. The quantitative estimate of drug-likeness (QED) is 0.742. The Labute approximate surface area is 158 Å². The van der Waals surface area contributed by atoms with Crippen molar-refractivity contribution >= 4 is 29.0 Å². The van der Waals surface area contributed by atoms with Gasteiger partial charge in [-0.25, -0.2) is 4.79 Å². The van der Waals surface area contributed by atoms with Crippen LogP contribution in [0.4, 0.5) is 10.5 Å². The molecule has 0 spiro atoms. The molecule has 2 N–H and O–H groups in total. The number of nitrogen functional groups attached to an aromatic ring is 1. The Balaban J connectivity index is 1.89. The standard InChI is InChI=1S/C19H25ClN2O4/c1-19(2,3)26-18(23)22-7-4-5-12(6-8-22)15-16(20)13(21)11-14-17(15)25-10-9-24-14/h6,11H,4-5,7-10,21H2,1-3H3. The van der Waals surface area contributed by atoms with Crippen molar-refractivity contribution in [1.82, 2.24) is 4.90 Å². The smallest absolute Gasteiger partial charge is 0.410 e. The molecule has 0 saturated carbocycles. The van der Waals surface area contributed by atoms with E-state index in [-0.39, 0.29) is 6.09 Å². The van der Waals surface area contributed by atoms with Crippen molar-refractivity contribution in [1.29, 1.82) is 0 Å². The number of hydrogen-bond acceptors (Lipinski definition) is 5. The van der Waals surface area contributed by atoms with Crippen molar-refractivity contribution in [2.75, 3.05) is 32.0 Å². The zero-order valence-electron chi connectivity index (χ0n) is 15.4. The number of nitrogens with two attached hydrogens (primary N) is 1. The van der Waals surface area contributed by atoms with Crippen LogP contribution in [0.1, 0.15) is 39.2 Å². The molecule has 1 amide bonds. The first kappa shape index (κ1) is 18.7. The monoisotopic (exact) mass is 380 g/mol. The van der Waals surface area contributed by atoms with Gasteiger partial charge in [0.15, 0.2) is 11.5 Å². The Morgan fingerprint density at radius 3 is 2.77 bits per heavy atom. The summed E-state index contributed by atoms with van der Waals surface area (Å²) in [7, 11) is 0. The second-order valence-electron chi connectivity index (χ2n) is 7.44. The van der Waals surface area contributed by atoms with Crippen molar-refractivity contribution in [3.63, 3.8) is 0 Å². The van der Waals surface area contributed by atoms with Gasteiger partial charge in [-0.3, -0.25) is 0 Å². The number of anilines is 1. The number of ether oxygens (including phenoxy) is 3. The fourth-order valence-electron chi connectivity index (χ4n) is 3.06. The number of carbonyl (C=O) groups is 1. The Morgan fingerprint density at radius 1 is 1.31 bits per heavy atom. The molecule has 0 bridgehead atoms. The van der Waals surface area contributed by atoms with E-state index in [2.05, 4.69) is 0 Å². The lowest BCUT2D eigenvalue weighted by molar-refractivity contribution is 0.0273. The van der Waals surface area contributed by atoms with Crippen LogP contribution in [0.25, 0.3) is 5.57 Å². The molecule has 3 rings (SSSR count). The van der Waals surface area contributed by atoms with E-state index in [1.165, 1.54) is 0 Å². The fourth-order valence-corrected chi connectivity index (χ4v) is 3.33. The third kappa shape index (κ3) is 4.01. The first-order valence-electron chi connectivity index (χ1n) is 8.81. The number of carbonyl (C=O) groups excluding carboxylic acids is 1. The lowest BCUT2D eigenvalue weighted by atomic mass is 9.98. The summed E-state index contributed by atoms with van der Waals surface area (Å²) in [4.78, 5) is 14.0. The second-order valence-corrected chi connectivity index (χ2v) is 7.82. The van der Waals surface area contributed by atoms with Gasteiger partial charge in [-0.15, -0.1) is 0 Å². The molecule has 0 fully saturated rings. The Hall–Kier alpha value is -2.08. The lowest BCUT2D eigenvalue weighted by Gasteiger charge is -2.25. The molecule has 6 nitrogen and oxygen atoms in total. The van der Waals surface area contributed by atoms with Crippen LogP contribution in [-0.4, -0.2) is 42.9 Å². The van der Waals surface area contributed by atoms with E-state index in [4.69, 9.17) is 31.5 Å².